The van der Waals surface area contributed by atoms with E-state index in [1.54, 1.807) is 10.4 Å². The summed E-state index contributed by atoms with van der Waals surface area (Å²) in [5.41, 5.74) is 1.49. The summed E-state index contributed by atoms with van der Waals surface area (Å²) in [5.74, 6) is 0.627. The quantitative estimate of drug-likeness (QED) is 0.678. The molecule has 0 saturated heterocycles. The van der Waals surface area contributed by atoms with Crippen molar-refractivity contribution in [3.05, 3.63) is 53.3 Å². The van der Waals surface area contributed by atoms with Gasteiger partial charge in [-0.2, -0.15) is 0 Å². The second-order valence-electron chi connectivity index (χ2n) is 5.24. The van der Waals surface area contributed by atoms with E-state index in [0.29, 0.717) is 5.92 Å². The first-order chi connectivity index (χ1) is 7.53. The molecule has 16 heavy (non-hydrogen) atoms. The van der Waals surface area contributed by atoms with E-state index < -0.39 is 8.07 Å². The Hall–Kier alpha value is -1.08. The molecular formula is C15H20Si. The molecule has 1 atom stereocenters. The molecule has 0 spiro atoms. The Balaban J connectivity index is 2.45. The molecule has 1 unspecified atom stereocenters. The van der Waals surface area contributed by atoms with Gasteiger partial charge < -0.3 is 0 Å². The van der Waals surface area contributed by atoms with E-state index in [0.717, 1.165) is 0 Å². The van der Waals surface area contributed by atoms with Crippen LogP contribution in [0.3, 0.4) is 0 Å². The second kappa shape index (κ2) is 4.06. The van der Waals surface area contributed by atoms with Gasteiger partial charge in [0.25, 0.3) is 0 Å². The fourth-order valence-corrected chi connectivity index (χ4v) is 6.55. The van der Waals surface area contributed by atoms with Gasteiger partial charge in [0.15, 0.2) is 0 Å². The molecule has 0 radical (unpaired) electrons. The van der Waals surface area contributed by atoms with Crippen molar-refractivity contribution in [3.8, 4) is 0 Å². The summed E-state index contributed by atoms with van der Waals surface area (Å²) in [7, 11) is -1.46. The smallest absolute Gasteiger partial charge is 0.0777 e. The molecule has 0 aliphatic heterocycles. The van der Waals surface area contributed by atoms with Crippen molar-refractivity contribution in [2.24, 2.45) is 5.92 Å². The van der Waals surface area contributed by atoms with Crippen LogP contribution in [0.2, 0.25) is 13.1 Å². The topological polar surface area (TPSA) is 0 Å². The van der Waals surface area contributed by atoms with Gasteiger partial charge >= 0.3 is 0 Å². The van der Waals surface area contributed by atoms with Crippen LogP contribution in [0.15, 0.2) is 53.3 Å². The van der Waals surface area contributed by atoms with Gasteiger partial charge in [-0.1, -0.05) is 78.5 Å². The highest BCUT2D eigenvalue weighted by Crippen LogP contribution is 2.32. The van der Waals surface area contributed by atoms with Crippen molar-refractivity contribution in [1.82, 2.24) is 0 Å². The number of hydrogen-bond acceptors (Lipinski definition) is 0. The molecule has 0 bridgehead atoms. The first-order valence-electron chi connectivity index (χ1n) is 5.98. The molecule has 0 aromatic heterocycles. The molecule has 0 saturated carbocycles. The summed E-state index contributed by atoms with van der Waals surface area (Å²) in [6.45, 7) is 9.50. The molecular weight excluding hydrogens is 208 g/mol. The zero-order valence-electron chi connectivity index (χ0n) is 10.6. The summed E-state index contributed by atoms with van der Waals surface area (Å²) in [4.78, 5) is 0. The zero-order valence-corrected chi connectivity index (χ0v) is 11.6. The van der Waals surface area contributed by atoms with Crippen LogP contribution in [0.1, 0.15) is 13.8 Å². The molecule has 1 aromatic carbocycles. The molecule has 0 N–H and O–H groups in total. The molecule has 1 heteroatoms. The third-order valence-electron chi connectivity index (χ3n) is 3.68. The van der Waals surface area contributed by atoms with Crippen molar-refractivity contribution in [1.29, 1.82) is 0 Å². The summed E-state index contributed by atoms with van der Waals surface area (Å²) in [5, 5.41) is 3.23. The second-order valence-corrected chi connectivity index (χ2v) is 9.60. The lowest BCUT2D eigenvalue weighted by Gasteiger charge is -2.29. The van der Waals surface area contributed by atoms with E-state index in [-0.39, 0.29) is 0 Å². The number of hydrogen-bond donors (Lipinski definition) is 0. The Labute approximate surface area is 99.7 Å². The fraction of sp³-hybridized carbons (Fsp3) is 0.333. The normalized spacial score (nSPS) is 20.6. The molecule has 0 fully saturated rings. The monoisotopic (exact) mass is 228 g/mol. The largest absolute Gasteiger partial charge is 0.108 e. The SMILES string of the molecule is CC1=C([Si](C)(C)c2ccccc2)C(C)C=C1. The van der Waals surface area contributed by atoms with Gasteiger partial charge in [0.05, 0.1) is 0 Å². The minimum atomic E-state index is -1.46. The maximum Gasteiger partial charge on any atom is 0.108 e. The van der Waals surface area contributed by atoms with Crippen molar-refractivity contribution >= 4 is 13.3 Å². The Bertz CT molecular complexity index is 438. The maximum absolute atomic E-state index is 2.46. The van der Waals surface area contributed by atoms with Gasteiger partial charge in [0.2, 0.25) is 0 Å². The van der Waals surface area contributed by atoms with E-state index in [2.05, 4.69) is 69.4 Å². The van der Waals surface area contributed by atoms with E-state index in [9.17, 15) is 0 Å². The van der Waals surface area contributed by atoms with E-state index in [1.165, 1.54) is 5.57 Å². The van der Waals surface area contributed by atoms with Gasteiger partial charge in [-0.25, -0.2) is 0 Å². The number of benzene rings is 1. The van der Waals surface area contributed by atoms with E-state index >= 15 is 0 Å². The van der Waals surface area contributed by atoms with Crippen molar-refractivity contribution in [2.45, 2.75) is 26.9 Å². The van der Waals surface area contributed by atoms with E-state index in [1.807, 2.05) is 0 Å². The first-order valence-corrected chi connectivity index (χ1v) is 8.98. The van der Waals surface area contributed by atoms with Crippen LogP contribution in [0, 0.1) is 5.92 Å². The van der Waals surface area contributed by atoms with Gasteiger partial charge in [-0.15, -0.1) is 0 Å². The summed E-state index contributed by atoms with van der Waals surface area (Å²) >= 11 is 0. The van der Waals surface area contributed by atoms with Crippen molar-refractivity contribution < 1.29 is 0 Å². The first kappa shape index (κ1) is 11.4. The third kappa shape index (κ3) is 1.80. The lowest BCUT2D eigenvalue weighted by atomic mass is 10.2. The van der Waals surface area contributed by atoms with Crippen LogP contribution in [0.4, 0.5) is 0 Å². The number of rotatable bonds is 2. The highest BCUT2D eigenvalue weighted by Gasteiger charge is 2.33. The third-order valence-corrected chi connectivity index (χ3v) is 7.66. The Kier molecular flexibility index (Phi) is 2.89. The lowest BCUT2D eigenvalue weighted by Crippen LogP contribution is -2.45. The predicted octanol–water partition coefficient (Wildman–Crippen LogP) is 3.66. The van der Waals surface area contributed by atoms with E-state index in [4.69, 9.17) is 0 Å². The predicted molar refractivity (Wildman–Crippen MR) is 74.6 cm³/mol. The van der Waals surface area contributed by atoms with Gasteiger partial charge in [0.1, 0.15) is 8.07 Å². The Morgan fingerprint density at radius 3 is 2.19 bits per heavy atom. The minimum Gasteiger partial charge on any atom is -0.0777 e. The number of allylic oxidation sites excluding steroid dienone is 4. The molecule has 84 valence electrons. The minimum absolute atomic E-state index is 0.627. The van der Waals surface area contributed by atoms with Crippen LogP contribution >= 0.6 is 0 Å². The van der Waals surface area contributed by atoms with Gasteiger partial charge in [0, 0.05) is 0 Å². The average Bonchev–Trinajstić information content (AvgIpc) is 2.60. The van der Waals surface area contributed by atoms with Crippen LogP contribution in [-0.2, 0) is 0 Å². The summed E-state index contributed by atoms with van der Waals surface area (Å²) < 4.78 is 0. The molecule has 0 amide bonds. The van der Waals surface area contributed by atoms with Crippen molar-refractivity contribution in [2.75, 3.05) is 0 Å². The lowest BCUT2D eigenvalue weighted by molar-refractivity contribution is 0.921. The average molecular weight is 228 g/mol. The Morgan fingerprint density at radius 2 is 1.69 bits per heavy atom. The standard InChI is InChI=1S/C15H20Si/c1-12-10-11-13(2)15(12)16(3,4)14-8-6-5-7-9-14/h5-12H,1-4H3. The molecule has 1 aliphatic rings. The van der Waals surface area contributed by atoms with Gasteiger partial charge in [-0.3, -0.25) is 0 Å². The molecule has 1 aromatic rings. The molecule has 0 nitrogen and oxygen atoms in total. The van der Waals surface area contributed by atoms with Crippen LogP contribution in [0.5, 0.6) is 0 Å². The van der Waals surface area contributed by atoms with Crippen LogP contribution in [0.25, 0.3) is 0 Å². The molecule has 2 rings (SSSR count). The molecule has 0 heterocycles. The zero-order chi connectivity index (χ0) is 11.8. The maximum atomic E-state index is 2.46. The Morgan fingerprint density at radius 1 is 1.06 bits per heavy atom. The highest BCUT2D eigenvalue weighted by atomic mass is 28.3. The molecule has 1 aliphatic carbocycles. The fourth-order valence-electron chi connectivity index (χ4n) is 2.91. The van der Waals surface area contributed by atoms with Crippen molar-refractivity contribution in [3.63, 3.8) is 0 Å². The van der Waals surface area contributed by atoms with Crippen LogP contribution in [-0.4, -0.2) is 8.07 Å². The van der Waals surface area contributed by atoms with Crippen LogP contribution < -0.4 is 5.19 Å². The summed E-state index contributed by atoms with van der Waals surface area (Å²) in [6, 6.07) is 11.0. The van der Waals surface area contributed by atoms with Gasteiger partial charge in [-0.05, 0) is 12.8 Å². The summed E-state index contributed by atoms with van der Waals surface area (Å²) in [6.07, 6.45) is 4.63. The highest BCUT2D eigenvalue weighted by molar-refractivity contribution is 6.96.